The van der Waals surface area contributed by atoms with Crippen molar-refractivity contribution in [2.45, 2.75) is 20.9 Å². The molecule has 0 bridgehead atoms. The van der Waals surface area contributed by atoms with Gasteiger partial charge in [-0.25, -0.2) is 4.79 Å². The number of carbonyl (C=O) groups excluding carboxylic acids is 3. The second kappa shape index (κ2) is 8.65. The summed E-state index contributed by atoms with van der Waals surface area (Å²) in [5, 5.41) is 10.3. The van der Waals surface area contributed by atoms with Crippen LogP contribution in [0, 0.1) is 0 Å². The van der Waals surface area contributed by atoms with E-state index in [1.807, 2.05) is 18.2 Å². The van der Waals surface area contributed by atoms with Crippen molar-refractivity contribution >= 4 is 52.6 Å². The molecule has 7 nitrogen and oxygen atoms in total. The van der Waals surface area contributed by atoms with Gasteiger partial charge in [-0.1, -0.05) is 65.2 Å². The molecule has 136 valence electrons. The van der Waals surface area contributed by atoms with E-state index in [9.17, 15) is 14.4 Å². The van der Waals surface area contributed by atoms with Gasteiger partial charge in [0.2, 0.25) is 5.91 Å². The van der Waals surface area contributed by atoms with Gasteiger partial charge in [0.1, 0.15) is 0 Å². The predicted octanol–water partition coefficient (Wildman–Crippen LogP) is 2.55. The quantitative estimate of drug-likeness (QED) is 0.556. The second-order valence-electron chi connectivity index (χ2n) is 5.39. The molecule has 0 spiro atoms. The van der Waals surface area contributed by atoms with E-state index in [2.05, 4.69) is 15.5 Å². The standard InChI is InChI=1S/C16H16N4O3S3/c1-10(13(22)20-8-7-17-14(20)23)25-16-19-18-15(26-16)24-9-12(21)11-5-3-2-4-6-11/h2-6,10H,7-9H2,1H3,(H,17,23)/t10-/m1/s1. The van der Waals surface area contributed by atoms with Crippen molar-refractivity contribution in [2.24, 2.45) is 0 Å². The number of nitrogens with zero attached hydrogens (tertiary/aromatic N) is 3. The van der Waals surface area contributed by atoms with Gasteiger partial charge in [0, 0.05) is 18.7 Å². The maximum Gasteiger partial charge on any atom is 0.324 e. The maximum atomic E-state index is 12.3. The third-order valence-corrected chi connectivity index (χ3v) is 6.79. The Morgan fingerprint density at radius 1 is 1.27 bits per heavy atom. The summed E-state index contributed by atoms with van der Waals surface area (Å²) in [6.07, 6.45) is 0. The first-order valence-corrected chi connectivity index (χ1v) is 10.5. The molecule has 3 amide bonds. The third kappa shape index (κ3) is 4.63. The highest BCUT2D eigenvalue weighted by Gasteiger charge is 2.30. The van der Waals surface area contributed by atoms with Crippen molar-refractivity contribution in [1.82, 2.24) is 20.4 Å². The molecular formula is C16H16N4O3S3. The monoisotopic (exact) mass is 408 g/mol. The molecule has 1 atom stereocenters. The first-order chi connectivity index (χ1) is 12.5. The van der Waals surface area contributed by atoms with Crippen LogP contribution in [0.3, 0.4) is 0 Å². The zero-order valence-corrected chi connectivity index (χ0v) is 16.3. The van der Waals surface area contributed by atoms with Gasteiger partial charge in [0.05, 0.1) is 11.0 Å². The van der Waals surface area contributed by atoms with E-state index in [1.165, 1.54) is 39.8 Å². The Labute approximate surface area is 162 Å². The van der Waals surface area contributed by atoms with Gasteiger partial charge in [0.15, 0.2) is 14.5 Å². The molecule has 0 saturated carbocycles. The van der Waals surface area contributed by atoms with E-state index in [0.29, 0.717) is 27.3 Å². The largest absolute Gasteiger partial charge is 0.336 e. The fraction of sp³-hybridized carbons (Fsp3) is 0.312. The number of aromatic nitrogens is 2. The molecule has 3 rings (SSSR count). The number of ketones is 1. The zero-order valence-electron chi connectivity index (χ0n) is 13.9. The third-order valence-electron chi connectivity index (χ3n) is 3.56. The van der Waals surface area contributed by atoms with Gasteiger partial charge in [-0.2, -0.15) is 0 Å². The van der Waals surface area contributed by atoms with E-state index in [0.717, 1.165) is 0 Å². The summed E-state index contributed by atoms with van der Waals surface area (Å²) in [4.78, 5) is 37.2. The van der Waals surface area contributed by atoms with Crippen LogP contribution in [0.1, 0.15) is 17.3 Å². The highest BCUT2D eigenvalue weighted by atomic mass is 32.2. The molecule has 1 aliphatic rings. The van der Waals surface area contributed by atoms with Crippen LogP contribution in [-0.2, 0) is 4.79 Å². The number of nitrogens with one attached hydrogen (secondary N) is 1. The number of carbonyl (C=O) groups is 3. The summed E-state index contributed by atoms with van der Waals surface area (Å²) in [5.74, 6) is 0.0726. The number of imide groups is 1. The van der Waals surface area contributed by atoms with Gasteiger partial charge in [-0.15, -0.1) is 10.2 Å². The van der Waals surface area contributed by atoms with Crippen LogP contribution in [0.5, 0.6) is 0 Å². The van der Waals surface area contributed by atoms with E-state index in [4.69, 9.17) is 0 Å². The van der Waals surface area contributed by atoms with Crippen molar-refractivity contribution in [1.29, 1.82) is 0 Å². The van der Waals surface area contributed by atoms with Gasteiger partial charge in [0.25, 0.3) is 0 Å². The molecule has 10 heteroatoms. The number of urea groups is 1. The maximum absolute atomic E-state index is 12.3. The van der Waals surface area contributed by atoms with E-state index < -0.39 is 5.25 Å². The van der Waals surface area contributed by atoms with Gasteiger partial charge in [-0.3, -0.25) is 14.5 Å². The Morgan fingerprint density at radius 2 is 2.00 bits per heavy atom. The molecule has 1 fully saturated rings. The molecule has 26 heavy (non-hydrogen) atoms. The topological polar surface area (TPSA) is 92.3 Å². The number of Topliss-reactive ketones (excluding diaryl/α,β-unsaturated/α-hetero) is 1. The number of amides is 3. The summed E-state index contributed by atoms with van der Waals surface area (Å²) in [6, 6.07) is 8.74. The molecule has 0 radical (unpaired) electrons. The fourth-order valence-corrected chi connectivity index (χ4v) is 5.36. The fourth-order valence-electron chi connectivity index (χ4n) is 2.24. The van der Waals surface area contributed by atoms with Crippen molar-refractivity contribution < 1.29 is 14.4 Å². The zero-order chi connectivity index (χ0) is 18.5. The molecule has 2 heterocycles. The second-order valence-corrected chi connectivity index (χ2v) is 9.18. The number of rotatable bonds is 7. The lowest BCUT2D eigenvalue weighted by Gasteiger charge is -2.16. The highest BCUT2D eigenvalue weighted by molar-refractivity contribution is 8.04. The number of thioether (sulfide) groups is 2. The van der Waals surface area contributed by atoms with Crippen molar-refractivity contribution in [3.8, 4) is 0 Å². The molecule has 1 saturated heterocycles. The van der Waals surface area contributed by atoms with Crippen LogP contribution in [0.15, 0.2) is 39.0 Å². The normalized spacial score (nSPS) is 15.0. The Hall–Kier alpha value is -1.91. The average Bonchev–Trinajstić information content (AvgIpc) is 3.28. The predicted molar refractivity (Wildman–Crippen MR) is 102 cm³/mol. The van der Waals surface area contributed by atoms with E-state index in [-0.39, 0.29) is 23.5 Å². The van der Waals surface area contributed by atoms with Gasteiger partial charge in [-0.05, 0) is 6.92 Å². The van der Waals surface area contributed by atoms with Gasteiger partial charge >= 0.3 is 6.03 Å². The Kier molecular flexibility index (Phi) is 6.28. The summed E-state index contributed by atoms with van der Waals surface area (Å²) in [6.45, 7) is 2.62. The molecule has 1 aromatic heterocycles. The van der Waals surface area contributed by atoms with Crippen molar-refractivity contribution in [3.63, 3.8) is 0 Å². The molecule has 0 unspecified atom stereocenters. The number of hydrogen-bond acceptors (Lipinski definition) is 8. The summed E-state index contributed by atoms with van der Waals surface area (Å²) >= 11 is 3.93. The smallest absolute Gasteiger partial charge is 0.324 e. The first kappa shape index (κ1) is 18.9. The Bertz CT molecular complexity index is 812. The lowest BCUT2D eigenvalue weighted by atomic mass is 10.2. The van der Waals surface area contributed by atoms with Crippen LogP contribution in [0.2, 0.25) is 0 Å². The minimum Gasteiger partial charge on any atom is -0.336 e. The number of benzene rings is 1. The molecule has 2 aromatic rings. The molecule has 1 aromatic carbocycles. The van der Waals surface area contributed by atoms with Gasteiger partial charge < -0.3 is 5.32 Å². The van der Waals surface area contributed by atoms with E-state index in [1.54, 1.807) is 19.1 Å². The van der Waals surface area contributed by atoms with Crippen LogP contribution in [0.25, 0.3) is 0 Å². The molecule has 1 N–H and O–H groups in total. The SMILES string of the molecule is C[C@@H](Sc1nnc(SCC(=O)c2ccccc2)s1)C(=O)N1CCNC1=O. The van der Waals surface area contributed by atoms with Crippen molar-refractivity contribution in [2.75, 3.05) is 18.8 Å². The average molecular weight is 409 g/mol. The Balaban J connectivity index is 1.52. The number of hydrogen-bond donors (Lipinski definition) is 1. The summed E-state index contributed by atoms with van der Waals surface area (Å²) < 4.78 is 1.32. The summed E-state index contributed by atoms with van der Waals surface area (Å²) in [7, 11) is 0. The lowest BCUT2D eigenvalue weighted by Crippen LogP contribution is -2.38. The molecular weight excluding hydrogens is 392 g/mol. The lowest BCUT2D eigenvalue weighted by molar-refractivity contribution is -0.126. The van der Waals surface area contributed by atoms with Crippen molar-refractivity contribution in [3.05, 3.63) is 35.9 Å². The van der Waals surface area contributed by atoms with Crippen LogP contribution in [0.4, 0.5) is 4.79 Å². The molecule has 0 aliphatic carbocycles. The Morgan fingerprint density at radius 3 is 2.69 bits per heavy atom. The highest BCUT2D eigenvalue weighted by Crippen LogP contribution is 2.32. The van der Waals surface area contributed by atoms with Crippen LogP contribution in [-0.4, -0.2) is 56.9 Å². The van der Waals surface area contributed by atoms with E-state index >= 15 is 0 Å². The molecule has 1 aliphatic heterocycles. The van der Waals surface area contributed by atoms with Crippen LogP contribution < -0.4 is 5.32 Å². The van der Waals surface area contributed by atoms with Crippen LogP contribution >= 0.6 is 34.9 Å². The minimum absolute atomic E-state index is 0.0311. The summed E-state index contributed by atoms with van der Waals surface area (Å²) in [5.41, 5.74) is 0.669. The minimum atomic E-state index is -0.435. The first-order valence-electron chi connectivity index (χ1n) is 7.85.